The fraction of sp³-hybridized carbons (Fsp3) is 0.318. The molecule has 8 rings (SSSR count). The van der Waals surface area contributed by atoms with E-state index in [0.717, 1.165) is 55.7 Å². The third-order valence-corrected chi connectivity index (χ3v) is 18.2. The minimum absolute atomic E-state index is 0. The fourth-order valence-corrected chi connectivity index (χ4v) is 12.8. The maximum absolute atomic E-state index is 12.3. The zero-order valence-corrected chi connectivity index (χ0v) is 66.8. The van der Waals surface area contributed by atoms with Crippen LogP contribution in [-0.4, -0.2) is 116 Å². The second kappa shape index (κ2) is 50.4. The molecule has 511 valence electrons. The number of likely N-dealkylation sites (tertiary alicyclic amines) is 1. The first-order chi connectivity index (χ1) is 43.5. The molecule has 0 amide bonds. The van der Waals surface area contributed by atoms with Crippen molar-refractivity contribution >= 4 is 178 Å². The molecule has 1 saturated heterocycles. The summed E-state index contributed by atoms with van der Waals surface area (Å²) >= 11 is 59.2. The Morgan fingerprint density at radius 1 is 0.538 bits per heavy atom. The van der Waals surface area contributed by atoms with Gasteiger partial charge < -0.3 is 42.8 Å². The van der Waals surface area contributed by atoms with Crippen LogP contribution in [0.25, 0.3) is 12.2 Å². The number of hydrogen-bond acceptors (Lipinski definition) is 12. The van der Waals surface area contributed by atoms with Crippen LogP contribution in [0.3, 0.4) is 0 Å². The summed E-state index contributed by atoms with van der Waals surface area (Å²) in [7, 11) is 2.94. The van der Waals surface area contributed by atoms with E-state index in [1.165, 1.54) is 6.07 Å². The summed E-state index contributed by atoms with van der Waals surface area (Å²) in [6, 6.07) is 40.0. The number of carbonyl (C=O) groups excluding carboxylic acids is 1. The number of para-hydroxylation sites is 2. The summed E-state index contributed by atoms with van der Waals surface area (Å²) in [5, 5.41) is 43.6. The zero-order valence-electron chi connectivity index (χ0n) is 53.1. The fourth-order valence-electron chi connectivity index (χ4n) is 7.77. The molecule has 0 aromatic heterocycles. The van der Waals surface area contributed by atoms with Crippen LogP contribution in [0.1, 0.15) is 90.2 Å². The molecule has 13 nitrogen and oxygen atoms in total. The molecule has 7 aromatic rings. The minimum Gasteiger partial charge on any atom is -0.508 e. The van der Waals surface area contributed by atoms with Crippen LogP contribution in [0.4, 0.5) is 0 Å². The van der Waals surface area contributed by atoms with E-state index in [9.17, 15) is 19.6 Å². The van der Waals surface area contributed by atoms with E-state index >= 15 is 0 Å². The number of aromatic hydroxyl groups is 3. The van der Waals surface area contributed by atoms with Gasteiger partial charge in [0.25, 0.3) is 0 Å². The van der Waals surface area contributed by atoms with Crippen molar-refractivity contribution in [3.8, 4) is 17.2 Å². The predicted octanol–water partition coefficient (Wildman–Crippen LogP) is 23.3. The van der Waals surface area contributed by atoms with Gasteiger partial charge in [0.1, 0.15) is 17.2 Å². The van der Waals surface area contributed by atoms with Gasteiger partial charge in [-0.15, -0.1) is 0 Å². The number of quaternary nitrogens is 1. The van der Waals surface area contributed by atoms with Gasteiger partial charge in [0.15, 0.2) is 6.29 Å². The van der Waals surface area contributed by atoms with Gasteiger partial charge in [-0.1, -0.05) is 185 Å². The van der Waals surface area contributed by atoms with Gasteiger partial charge in [0, 0.05) is 99.6 Å². The number of halogens is 11. The zero-order chi connectivity index (χ0) is 69.6. The Labute approximate surface area is 630 Å². The topological polar surface area (TPSA) is 164 Å². The normalized spacial score (nSPS) is 13.2. The van der Waals surface area contributed by atoms with E-state index in [0.29, 0.717) is 91.9 Å². The van der Waals surface area contributed by atoms with E-state index < -0.39 is 16.2 Å². The van der Waals surface area contributed by atoms with Crippen molar-refractivity contribution in [3.05, 3.63) is 224 Å². The molecule has 93 heavy (non-hydrogen) atoms. The first kappa shape index (κ1) is 91.1. The van der Waals surface area contributed by atoms with Crippen molar-refractivity contribution in [1.82, 2.24) is 4.90 Å². The van der Waals surface area contributed by atoms with Gasteiger partial charge in [-0.2, -0.15) is 4.65 Å². The van der Waals surface area contributed by atoms with Crippen LogP contribution in [0.5, 0.6) is 17.2 Å². The van der Waals surface area contributed by atoms with E-state index in [1.807, 2.05) is 62.1 Å². The number of phenols is 3. The number of phenolic OH excluding ortho intramolecular Hbond substituents is 3. The van der Waals surface area contributed by atoms with Gasteiger partial charge in [0.05, 0.1) is 65.9 Å². The number of rotatable bonds is 18. The van der Waals surface area contributed by atoms with Gasteiger partial charge in [-0.25, -0.2) is 5.21 Å². The Kier molecular flexibility index (Phi) is 49.4. The molecule has 0 unspecified atom stereocenters. The second-order valence-electron chi connectivity index (χ2n) is 19.7. The quantitative estimate of drug-likeness (QED) is 0.0122. The third kappa shape index (κ3) is 37.7. The number of aldehydes is 1. The largest absolute Gasteiger partial charge is 0.508 e. The van der Waals surface area contributed by atoms with Gasteiger partial charge in [-0.05, 0) is 184 Å². The van der Waals surface area contributed by atoms with Crippen molar-refractivity contribution < 1.29 is 75.7 Å². The maximum Gasteiger partial charge on any atom is 0.335 e. The minimum atomic E-state index is -3.13. The van der Waals surface area contributed by atoms with Crippen molar-refractivity contribution in [2.75, 3.05) is 79.2 Å². The summed E-state index contributed by atoms with van der Waals surface area (Å²) in [5.41, 5.74) is 5.46. The van der Waals surface area contributed by atoms with Crippen molar-refractivity contribution in [1.29, 1.82) is 0 Å². The molecule has 0 saturated carbocycles. The van der Waals surface area contributed by atoms with E-state index in [4.69, 9.17) is 137 Å². The average molecular weight is 1720 g/mol. The standard InChI is InChI=1S/C17H17Cl2NO.C14H9Cl3O.C11H15Cl2O3P.C7H5BrCl2.C7H6O2.C6H15O3P.C3H10NO.CH3I.V/c1-20-9-14(12-4-2-3-5-17(12)21)15(10-20)13-8-11(18)6-7-16(13)19;15-11-3-5-13(17)9(7-11)1-2-10-8-12(16)4-6-14(10)18;1-3-15-17(14,16-4-2)8-9-7-10(12)5-6-11(9)13;8-4-5-3-6(9)1-2-7(5)10;8-5-6-3-1-2-4-7(6)9;1-4-7-10(8-5-2)9-6-3;1-4(2,3)5;1-2;/h2-8,14-15,21H,9-10H2,1H3;1-8,18H;5-7H,3-4,8H2,1-2H3;1-3H,4H2;1-5,9H;4-6H2,1-3H3;5H,1-3H3;1H3;/q;;;;;;+1;;/b;2-1+;;;;;;;/t14-,15-;;;;;;;;/m0......../s1. The number of benzene rings is 7. The molecule has 0 bridgehead atoms. The first-order valence-electron chi connectivity index (χ1n) is 28.2. The number of hydrogen-bond donors (Lipinski definition) is 4. The molecule has 2 atom stereocenters. The molecule has 1 heterocycles. The molecular weight excluding hydrogens is 1640 g/mol. The molecule has 0 spiro atoms. The molecule has 7 aromatic carbocycles. The number of hydroxylamine groups is 3. The van der Waals surface area contributed by atoms with Gasteiger partial charge >= 0.3 is 16.2 Å². The van der Waals surface area contributed by atoms with E-state index in [1.54, 1.807) is 144 Å². The number of carbonyl (C=O) groups is 1. The van der Waals surface area contributed by atoms with Crippen LogP contribution in [0.2, 0.25) is 45.2 Å². The SMILES string of the molecule is CCOP(=O)(Cc1cc(Cl)ccc1Cl)OCC.CCOP(OCC)OCC.CI.CN1C[C@@H](c2ccccc2O)[C@H](c2cc(Cl)ccc2Cl)C1.C[N+](C)(C)O.Clc1ccc(Cl)c(CBr)c1.O=Cc1ccccc1O.Oc1ccc(Cl)cc1/C=C/c1cc(Cl)ccc1Cl.[V]. The van der Waals surface area contributed by atoms with Crippen LogP contribution in [0.15, 0.2) is 140 Å². The summed E-state index contributed by atoms with van der Waals surface area (Å²) < 4.78 is 38.1. The Balaban J connectivity index is 0.00000109. The first-order valence-corrected chi connectivity index (χ1v) is 37.7. The number of nitrogens with zero attached hydrogens (tertiary/aromatic N) is 2. The maximum atomic E-state index is 12.3. The molecular formula is C66H80BrCl9IN2O11P2V+. The summed E-state index contributed by atoms with van der Waals surface area (Å²) in [6.07, 6.45) is 4.27. The third-order valence-electron chi connectivity index (χ3n) is 11.5. The Morgan fingerprint density at radius 2 is 0.925 bits per heavy atom. The van der Waals surface area contributed by atoms with Crippen molar-refractivity contribution in [3.63, 3.8) is 0 Å². The van der Waals surface area contributed by atoms with Gasteiger partial charge in [0.2, 0.25) is 0 Å². The Bertz CT molecular complexity index is 3280. The summed E-state index contributed by atoms with van der Waals surface area (Å²) in [6.45, 7) is 13.7. The summed E-state index contributed by atoms with van der Waals surface area (Å²) in [4.78, 5) is 14.3. The Morgan fingerprint density at radius 3 is 1.38 bits per heavy atom. The number of alkyl halides is 2. The molecule has 1 aliphatic heterocycles. The average Bonchev–Trinajstić information content (AvgIpc) is 1.69. The van der Waals surface area contributed by atoms with Crippen molar-refractivity contribution in [2.45, 2.75) is 57.9 Å². The van der Waals surface area contributed by atoms with E-state index in [2.05, 4.69) is 50.5 Å². The van der Waals surface area contributed by atoms with Crippen LogP contribution >= 0.6 is 159 Å². The molecule has 1 radical (unpaired) electrons. The van der Waals surface area contributed by atoms with Crippen molar-refractivity contribution in [2.24, 2.45) is 0 Å². The molecule has 4 N–H and O–H groups in total. The monoisotopic (exact) mass is 1710 g/mol. The van der Waals surface area contributed by atoms with Crippen LogP contribution in [-0.2, 0) is 57.2 Å². The smallest absolute Gasteiger partial charge is 0.335 e. The Hall–Kier alpha value is -1.91. The van der Waals surface area contributed by atoms with Gasteiger partial charge in [-0.3, -0.25) is 9.36 Å². The van der Waals surface area contributed by atoms with Crippen LogP contribution < -0.4 is 0 Å². The van der Waals surface area contributed by atoms with E-state index in [-0.39, 0.29) is 52.7 Å². The second-order valence-corrected chi connectivity index (χ2v) is 27.3. The molecule has 27 heteroatoms. The number of likely N-dealkylation sites (N-methyl/N-ethyl adjacent to an activating group) is 1. The van der Waals surface area contributed by atoms with Crippen LogP contribution in [0, 0.1) is 0 Å². The molecule has 0 aliphatic carbocycles. The predicted molar refractivity (Wildman–Crippen MR) is 401 cm³/mol. The molecule has 1 fully saturated rings. The molecule has 1 aliphatic rings. The summed E-state index contributed by atoms with van der Waals surface area (Å²) in [5.74, 6) is 0.990.